The largest absolute Gasteiger partial charge is 0.457 e. The van der Waals surface area contributed by atoms with Crippen molar-refractivity contribution >= 4 is 10.0 Å². The number of hydrogen-bond acceptors (Lipinski definition) is 3. The monoisotopic (exact) mass is 263 g/mol. The summed E-state index contributed by atoms with van der Waals surface area (Å²) in [7, 11) is -3.68. The smallest absolute Gasteiger partial charge is 0.238 e. The normalized spacial score (nSPS) is 11.2. The van der Waals surface area contributed by atoms with Gasteiger partial charge >= 0.3 is 0 Å². The van der Waals surface area contributed by atoms with Crippen LogP contribution >= 0.6 is 0 Å². The van der Waals surface area contributed by atoms with Gasteiger partial charge in [-0.2, -0.15) is 0 Å². The van der Waals surface area contributed by atoms with Crippen LogP contribution in [0.2, 0.25) is 0 Å². The average Bonchev–Trinajstić information content (AvgIpc) is 2.28. The molecule has 0 saturated carbocycles. The minimum absolute atomic E-state index is 0.114. The van der Waals surface area contributed by atoms with Crippen molar-refractivity contribution in [2.45, 2.75) is 11.8 Å². The Labute approximate surface area is 106 Å². The molecule has 0 atom stereocenters. The minimum Gasteiger partial charge on any atom is -0.457 e. The minimum atomic E-state index is -3.68. The summed E-state index contributed by atoms with van der Waals surface area (Å²) in [6, 6.07) is 13.9. The van der Waals surface area contributed by atoms with Gasteiger partial charge in [0.2, 0.25) is 10.0 Å². The molecule has 0 aromatic heterocycles. The molecular weight excluding hydrogens is 250 g/mol. The molecule has 2 aromatic rings. The van der Waals surface area contributed by atoms with Gasteiger partial charge in [-0.15, -0.1) is 0 Å². The van der Waals surface area contributed by atoms with Gasteiger partial charge in [-0.05, 0) is 42.8 Å². The van der Waals surface area contributed by atoms with Gasteiger partial charge in [-0.25, -0.2) is 13.6 Å². The average molecular weight is 263 g/mol. The molecule has 0 saturated heterocycles. The van der Waals surface area contributed by atoms with Gasteiger partial charge in [0.1, 0.15) is 11.5 Å². The van der Waals surface area contributed by atoms with Crippen LogP contribution in [0.3, 0.4) is 0 Å². The fourth-order valence-electron chi connectivity index (χ4n) is 1.63. The molecule has 0 heterocycles. The maximum absolute atomic E-state index is 11.3. The van der Waals surface area contributed by atoms with Crippen molar-refractivity contribution in [2.24, 2.45) is 5.14 Å². The van der Waals surface area contributed by atoms with Gasteiger partial charge in [0.15, 0.2) is 0 Å². The van der Waals surface area contributed by atoms with E-state index in [4.69, 9.17) is 9.88 Å². The lowest BCUT2D eigenvalue weighted by Gasteiger charge is -2.08. The Morgan fingerprint density at radius 3 is 2.22 bits per heavy atom. The van der Waals surface area contributed by atoms with Crippen molar-refractivity contribution in [3.8, 4) is 11.5 Å². The molecule has 0 aliphatic heterocycles. The Hall–Kier alpha value is -1.85. The molecule has 2 rings (SSSR count). The van der Waals surface area contributed by atoms with E-state index in [1.54, 1.807) is 19.1 Å². The second-order valence-corrected chi connectivity index (χ2v) is 5.42. The summed E-state index contributed by atoms with van der Waals surface area (Å²) >= 11 is 0. The van der Waals surface area contributed by atoms with E-state index in [1.807, 2.05) is 30.3 Å². The van der Waals surface area contributed by atoms with Gasteiger partial charge in [0, 0.05) is 0 Å². The third-order valence-corrected chi connectivity index (χ3v) is 3.50. The summed E-state index contributed by atoms with van der Waals surface area (Å²) in [4.78, 5) is 0.114. The summed E-state index contributed by atoms with van der Waals surface area (Å²) in [6.07, 6.45) is 0. The highest BCUT2D eigenvalue weighted by Gasteiger charge is 2.11. The molecule has 0 amide bonds. The van der Waals surface area contributed by atoms with E-state index < -0.39 is 10.0 Å². The molecule has 94 valence electrons. The lowest BCUT2D eigenvalue weighted by atomic mass is 10.2. The molecule has 2 N–H and O–H groups in total. The standard InChI is InChI=1S/C13H13NO3S/c1-10-9-12(7-8-13(10)18(14,15)16)17-11-5-3-2-4-6-11/h2-9H,1H3,(H2,14,15,16). The highest BCUT2D eigenvalue weighted by molar-refractivity contribution is 7.89. The highest BCUT2D eigenvalue weighted by atomic mass is 32.2. The third kappa shape index (κ3) is 2.88. The van der Waals surface area contributed by atoms with Crippen molar-refractivity contribution < 1.29 is 13.2 Å². The van der Waals surface area contributed by atoms with Crippen LogP contribution in [0.5, 0.6) is 11.5 Å². The van der Waals surface area contributed by atoms with E-state index in [0.717, 1.165) is 0 Å². The quantitative estimate of drug-likeness (QED) is 0.924. The van der Waals surface area contributed by atoms with Gasteiger partial charge in [-0.3, -0.25) is 0 Å². The first kappa shape index (κ1) is 12.6. The van der Waals surface area contributed by atoms with Crippen LogP contribution in [0.15, 0.2) is 53.4 Å². The number of hydrogen-bond donors (Lipinski definition) is 1. The Bertz CT molecular complexity index is 651. The molecule has 0 spiro atoms. The van der Waals surface area contributed by atoms with Crippen molar-refractivity contribution in [3.05, 3.63) is 54.1 Å². The van der Waals surface area contributed by atoms with Crippen LogP contribution in [0.4, 0.5) is 0 Å². The van der Waals surface area contributed by atoms with Crippen molar-refractivity contribution in [3.63, 3.8) is 0 Å². The molecule has 0 aliphatic carbocycles. The van der Waals surface area contributed by atoms with Crippen molar-refractivity contribution in [1.29, 1.82) is 0 Å². The van der Waals surface area contributed by atoms with E-state index in [2.05, 4.69) is 0 Å². The summed E-state index contributed by atoms with van der Waals surface area (Å²) in [5, 5.41) is 5.09. The molecule has 2 aromatic carbocycles. The van der Waals surface area contributed by atoms with Crippen LogP contribution < -0.4 is 9.88 Å². The number of rotatable bonds is 3. The first-order valence-corrected chi connectivity index (χ1v) is 6.88. The Balaban J connectivity index is 2.30. The molecule has 5 heteroatoms. The number of primary sulfonamides is 1. The topological polar surface area (TPSA) is 69.4 Å². The first-order chi connectivity index (χ1) is 8.47. The highest BCUT2D eigenvalue weighted by Crippen LogP contribution is 2.24. The maximum atomic E-state index is 11.3. The number of ether oxygens (including phenoxy) is 1. The molecule has 0 fully saturated rings. The lowest BCUT2D eigenvalue weighted by Crippen LogP contribution is -2.13. The summed E-state index contributed by atoms with van der Waals surface area (Å²) < 4.78 is 28.1. The number of sulfonamides is 1. The van der Waals surface area contributed by atoms with E-state index >= 15 is 0 Å². The molecule has 0 unspecified atom stereocenters. The predicted molar refractivity (Wildman–Crippen MR) is 69.1 cm³/mol. The summed E-state index contributed by atoms with van der Waals surface area (Å²) in [5.41, 5.74) is 0.561. The Morgan fingerprint density at radius 1 is 1.00 bits per heavy atom. The number of para-hydroxylation sites is 1. The first-order valence-electron chi connectivity index (χ1n) is 5.33. The molecular formula is C13H13NO3S. The molecule has 0 radical (unpaired) electrons. The molecule has 18 heavy (non-hydrogen) atoms. The van der Waals surface area contributed by atoms with Gasteiger partial charge in [0.25, 0.3) is 0 Å². The van der Waals surface area contributed by atoms with Crippen LogP contribution in [-0.4, -0.2) is 8.42 Å². The predicted octanol–water partition coefficient (Wildman–Crippen LogP) is 2.43. The zero-order valence-corrected chi connectivity index (χ0v) is 10.6. The van der Waals surface area contributed by atoms with Crippen LogP contribution in [0.1, 0.15) is 5.56 Å². The summed E-state index contributed by atoms with van der Waals surface area (Å²) in [6.45, 7) is 1.68. The fourth-order valence-corrected chi connectivity index (χ4v) is 2.39. The van der Waals surface area contributed by atoms with Crippen LogP contribution in [0.25, 0.3) is 0 Å². The molecule has 4 nitrogen and oxygen atoms in total. The van der Waals surface area contributed by atoms with Crippen molar-refractivity contribution in [1.82, 2.24) is 0 Å². The van der Waals surface area contributed by atoms with Crippen molar-refractivity contribution in [2.75, 3.05) is 0 Å². The lowest BCUT2D eigenvalue weighted by molar-refractivity contribution is 0.481. The van der Waals surface area contributed by atoms with E-state index in [0.29, 0.717) is 17.1 Å². The Kier molecular flexibility index (Phi) is 3.36. The molecule has 0 bridgehead atoms. The van der Waals surface area contributed by atoms with Gasteiger partial charge in [-0.1, -0.05) is 18.2 Å². The number of aryl methyl sites for hydroxylation is 1. The number of benzene rings is 2. The van der Waals surface area contributed by atoms with E-state index in [9.17, 15) is 8.42 Å². The van der Waals surface area contributed by atoms with E-state index in [1.165, 1.54) is 6.07 Å². The summed E-state index contributed by atoms with van der Waals surface area (Å²) in [5.74, 6) is 1.27. The maximum Gasteiger partial charge on any atom is 0.238 e. The number of nitrogens with two attached hydrogens (primary N) is 1. The van der Waals surface area contributed by atoms with Gasteiger partial charge in [0.05, 0.1) is 4.90 Å². The van der Waals surface area contributed by atoms with Crippen LogP contribution in [-0.2, 0) is 10.0 Å². The SMILES string of the molecule is Cc1cc(Oc2ccccc2)ccc1S(N)(=O)=O. The van der Waals surface area contributed by atoms with Crippen LogP contribution in [0, 0.1) is 6.92 Å². The fraction of sp³-hybridized carbons (Fsp3) is 0.0769. The third-order valence-electron chi connectivity index (χ3n) is 2.43. The molecule has 0 aliphatic rings. The second kappa shape index (κ2) is 4.80. The van der Waals surface area contributed by atoms with Gasteiger partial charge < -0.3 is 4.74 Å². The van der Waals surface area contributed by atoms with E-state index in [-0.39, 0.29) is 4.90 Å². The zero-order chi connectivity index (χ0) is 13.2. The Morgan fingerprint density at radius 2 is 1.67 bits per heavy atom. The second-order valence-electron chi connectivity index (χ2n) is 3.89. The zero-order valence-electron chi connectivity index (χ0n) is 9.83.